The van der Waals surface area contributed by atoms with E-state index in [4.69, 9.17) is 0 Å². The molecular formula is C21H29N3O4S. The normalized spacial score (nSPS) is 29.5. The minimum Gasteiger partial charge on any atom is -0.350 e. The fourth-order valence-corrected chi connectivity index (χ4v) is 6.67. The van der Waals surface area contributed by atoms with Crippen LogP contribution in [0.1, 0.15) is 30.4 Å². The van der Waals surface area contributed by atoms with E-state index in [2.05, 4.69) is 10.2 Å². The van der Waals surface area contributed by atoms with E-state index < -0.39 is 15.8 Å². The second-order valence-corrected chi connectivity index (χ2v) is 10.8. The van der Waals surface area contributed by atoms with Crippen LogP contribution in [0, 0.1) is 12.8 Å². The molecule has 3 atom stereocenters. The molecule has 4 rings (SSSR count). The van der Waals surface area contributed by atoms with E-state index in [1.165, 1.54) is 0 Å². The molecule has 1 aromatic carbocycles. The summed E-state index contributed by atoms with van der Waals surface area (Å²) < 4.78 is 24.4. The summed E-state index contributed by atoms with van der Waals surface area (Å²) in [6, 6.07) is 7.50. The van der Waals surface area contributed by atoms with Crippen molar-refractivity contribution in [3.05, 3.63) is 35.4 Å². The van der Waals surface area contributed by atoms with E-state index in [0.29, 0.717) is 13.1 Å². The Labute approximate surface area is 172 Å². The van der Waals surface area contributed by atoms with Crippen molar-refractivity contribution in [3.8, 4) is 0 Å². The van der Waals surface area contributed by atoms with E-state index >= 15 is 0 Å². The maximum Gasteiger partial charge on any atom is 0.225 e. The molecular weight excluding hydrogens is 390 g/mol. The van der Waals surface area contributed by atoms with Gasteiger partial charge in [-0.25, -0.2) is 8.42 Å². The zero-order chi connectivity index (χ0) is 20.6. The Kier molecular flexibility index (Phi) is 5.66. The monoisotopic (exact) mass is 419 g/mol. The van der Waals surface area contributed by atoms with Gasteiger partial charge in [0.25, 0.3) is 0 Å². The number of aryl methyl sites for hydroxylation is 1. The average molecular weight is 420 g/mol. The number of likely N-dealkylation sites (tertiary alicyclic amines) is 2. The third-order valence-electron chi connectivity index (χ3n) is 6.34. The van der Waals surface area contributed by atoms with Gasteiger partial charge in [-0.2, -0.15) is 0 Å². The van der Waals surface area contributed by atoms with Crippen molar-refractivity contribution >= 4 is 21.7 Å². The highest BCUT2D eigenvalue weighted by Crippen LogP contribution is 2.25. The van der Waals surface area contributed by atoms with Gasteiger partial charge >= 0.3 is 0 Å². The van der Waals surface area contributed by atoms with Crippen molar-refractivity contribution in [2.75, 3.05) is 31.1 Å². The van der Waals surface area contributed by atoms with Gasteiger partial charge in [-0.05, 0) is 38.4 Å². The number of carbonyl (C=O) groups is 2. The van der Waals surface area contributed by atoms with Gasteiger partial charge in [-0.1, -0.05) is 29.8 Å². The summed E-state index contributed by atoms with van der Waals surface area (Å²) in [4.78, 5) is 29.2. The molecule has 1 aromatic rings. The van der Waals surface area contributed by atoms with Gasteiger partial charge in [0, 0.05) is 25.6 Å². The molecule has 3 fully saturated rings. The molecule has 3 aliphatic heterocycles. The maximum absolute atomic E-state index is 12.9. The topological polar surface area (TPSA) is 86.8 Å². The summed E-state index contributed by atoms with van der Waals surface area (Å²) in [5.41, 5.74) is 2.21. The van der Waals surface area contributed by atoms with Crippen molar-refractivity contribution in [2.24, 2.45) is 5.92 Å². The fourth-order valence-electron chi connectivity index (χ4n) is 4.72. The standard InChI is InChI=1S/C21H29N3O4S/c1-15-4-6-16(7-5-15)11-24-12-17(10-20(24)25)21(26)22-18-13-29(27,28)14-19(18)23-8-2-3-9-23/h4-7,17-19H,2-3,8-14H2,1H3,(H,22,26). The van der Waals surface area contributed by atoms with Gasteiger partial charge in [-0.15, -0.1) is 0 Å². The summed E-state index contributed by atoms with van der Waals surface area (Å²) in [7, 11) is -3.15. The molecule has 29 heavy (non-hydrogen) atoms. The van der Waals surface area contributed by atoms with E-state index in [1.54, 1.807) is 4.90 Å². The van der Waals surface area contributed by atoms with E-state index in [1.807, 2.05) is 31.2 Å². The lowest BCUT2D eigenvalue weighted by Crippen LogP contribution is -2.51. The molecule has 0 aromatic heterocycles. The van der Waals surface area contributed by atoms with Crippen LogP contribution in [0.3, 0.4) is 0 Å². The van der Waals surface area contributed by atoms with Gasteiger partial charge < -0.3 is 10.2 Å². The minimum absolute atomic E-state index is 0.00630. The van der Waals surface area contributed by atoms with Gasteiger partial charge in [-0.3, -0.25) is 14.5 Å². The molecule has 3 heterocycles. The molecule has 3 saturated heterocycles. The number of amides is 2. The molecule has 7 nitrogen and oxygen atoms in total. The number of carbonyl (C=O) groups excluding carboxylic acids is 2. The average Bonchev–Trinajstić information content (AvgIpc) is 3.37. The molecule has 0 radical (unpaired) electrons. The van der Waals surface area contributed by atoms with Crippen molar-refractivity contribution < 1.29 is 18.0 Å². The number of hydrogen-bond acceptors (Lipinski definition) is 5. The van der Waals surface area contributed by atoms with Crippen LogP contribution in [0.15, 0.2) is 24.3 Å². The zero-order valence-electron chi connectivity index (χ0n) is 16.8. The first kappa shape index (κ1) is 20.3. The molecule has 0 aliphatic carbocycles. The molecule has 3 unspecified atom stereocenters. The summed E-state index contributed by atoms with van der Waals surface area (Å²) in [6.45, 7) is 4.67. The first-order chi connectivity index (χ1) is 13.8. The Balaban J connectivity index is 1.38. The molecule has 8 heteroatoms. The first-order valence-corrected chi connectivity index (χ1v) is 12.2. The number of hydrogen-bond donors (Lipinski definition) is 1. The second kappa shape index (κ2) is 8.07. The molecule has 0 saturated carbocycles. The molecule has 2 amide bonds. The summed E-state index contributed by atoms with van der Waals surface area (Å²) >= 11 is 0. The Morgan fingerprint density at radius 1 is 1.14 bits per heavy atom. The molecule has 1 N–H and O–H groups in total. The number of benzene rings is 1. The highest BCUT2D eigenvalue weighted by molar-refractivity contribution is 7.91. The van der Waals surface area contributed by atoms with Crippen molar-refractivity contribution in [2.45, 2.75) is 44.8 Å². The third-order valence-corrected chi connectivity index (χ3v) is 8.06. The number of rotatable bonds is 5. The van der Waals surface area contributed by atoms with Crippen LogP contribution < -0.4 is 5.32 Å². The van der Waals surface area contributed by atoms with Crippen LogP contribution in [0.5, 0.6) is 0 Å². The first-order valence-electron chi connectivity index (χ1n) is 10.4. The Morgan fingerprint density at radius 2 is 1.83 bits per heavy atom. The molecule has 3 aliphatic rings. The quantitative estimate of drug-likeness (QED) is 0.760. The third kappa shape index (κ3) is 4.64. The van der Waals surface area contributed by atoms with Crippen LogP contribution in [0.4, 0.5) is 0 Å². The predicted octanol–water partition coefficient (Wildman–Crippen LogP) is 0.721. The fraction of sp³-hybridized carbons (Fsp3) is 0.619. The number of nitrogens with zero attached hydrogens (tertiary/aromatic N) is 2. The smallest absolute Gasteiger partial charge is 0.225 e. The highest BCUT2D eigenvalue weighted by Gasteiger charge is 2.44. The summed E-state index contributed by atoms with van der Waals surface area (Å²) in [6.07, 6.45) is 2.33. The Bertz CT molecular complexity index is 878. The van der Waals surface area contributed by atoms with Gasteiger partial charge in [0.2, 0.25) is 11.8 Å². The van der Waals surface area contributed by atoms with Crippen molar-refractivity contribution in [1.82, 2.24) is 15.1 Å². The molecule has 0 bridgehead atoms. The minimum atomic E-state index is -3.15. The van der Waals surface area contributed by atoms with Gasteiger partial charge in [0.05, 0.1) is 23.5 Å². The van der Waals surface area contributed by atoms with Crippen LogP contribution in [0.25, 0.3) is 0 Å². The molecule has 158 valence electrons. The Morgan fingerprint density at radius 3 is 2.52 bits per heavy atom. The molecule has 0 spiro atoms. The number of nitrogens with one attached hydrogen (secondary N) is 1. The van der Waals surface area contributed by atoms with Crippen LogP contribution in [0.2, 0.25) is 0 Å². The van der Waals surface area contributed by atoms with Crippen molar-refractivity contribution in [3.63, 3.8) is 0 Å². The summed E-state index contributed by atoms with van der Waals surface area (Å²) in [5, 5.41) is 2.98. The van der Waals surface area contributed by atoms with E-state index in [-0.39, 0.29) is 41.8 Å². The number of sulfone groups is 1. The van der Waals surface area contributed by atoms with E-state index in [0.717, 1.165) is 37.1 Å². The summed E-state index contributed by atoms with van der Waals surface area (Å²) in [5.74, 6) is -0.540. The zero-order valence-corrected chi connectivity index (χ0v) is 17.7. The predicted molar refractivity (Wildman–Crippen MR) is 110 cm³/mol. The van der Waals surface area contributed by atoms with Gasteiger partial charge in [0.1, 0.15) is 0 Å². The van der Waals surface area contributed by atoms with E-state index in [9.17, 15) is 18.0 Å². The van der Waals surface area contributed by atoms with Crippen LogP contribution >= 0.6 is 0 Å². The van der Waals surface area contributed by atoms with Gasteiger partial charge in [0.15, 0.2) is 9.84 Å². The van der Waals surface area contributed by atoms with Crippen molar-refractivity contribution in [1.29, 1.82) is 0 Å². The van der Waals surface area contributed by atoms with Crippen LogP contribution in [-0.4, -0.2) is 73.3 Å². The largest absolute Gasteiger partial charge is 0.350 e. The maximum atomic E-state index is 12.9. The van der Waals surface area contributed by atoms with Crippen LogP contribution in [-0.2, 0) is 26.0 Å². The lowest BCUT2D eigenvalue weighted by atomic mass is 10.1. The lowest BCUT2D eigenvalue weighted by molar-refractivity contribution is -0.129. The highest BCUT2D eigenvalue weighted by atomic mass is 32.2. The Hall–Kier alpha value is -1.93. The lowest BCUT2D eigenvalue weighted by Gasteiger charge is -2.29. The SMILES string of the molecule is Cc1ccc(CN2CC(C(=O)NC3CS(=O)(=O)CC3N3CCCC3)CC2=O)cc1. The second-order valence-electron chi connectivity index (χ2n) is 8.66.